The van der Waals surface area contributed by atoms with Gasteiger partial charge in [0.25, 0.3) is 0 Å². The molecule has 0 unspecified atom stereocenters. The molecule has 110 valence electrons. The third kappa shape index (κ3) is 4.69. The molecule has 1 atom stereocenters. The standard InChI is InChI=1S/C17H19BrN2O/c1-12-7-9-14(18)11-16(12)20-17(21)15(19)10-8-13-5-3-2-4-6-13/h2-7,9,11,15H,8,10,19H2,1H3,(H,20,21)/t15-/m0/s1. The van der Waals surface area contributed by atoms with Crippen LogP contribution in [0.25, 0.3) is 0 Å². The van der Waals surface area contributed by atoms with Gasteiger partial charge >= 0.3 is 0 Å². The number of rotatable bonds is 5. The van der Waals surface area contributed by atoms with Crippen LogP contribution in [0.3, 0.4) is 0 Å². The van der Waals surface area contributed by atoms with E-state index in [1.807, 2.05) is 55.5 Å². The van der Waals surface area contributed by atoms with Crippen LogP contribution in [0.4, 0.5) is 5.69 Å². The molecule has 0 spiro atoms. The fourth-order valence-corrected chi connectivity index (χ4v) is 2.41. The van der Waals surface area contributed by atoms with Gasteiger partial charge in [-0.1, -0.05) is 52.3 Å². The van der Waals surface area contributed by atoms with Crippen LogP contribution in [0, 0.1) is 6.92 Å². The number of benzene rings is 2. The first-order valence-corrected chi connectivity index (χ1v) is 7.72. The van der Waals surface area contributed by atoms with Gasteiger partial charge < -0.3 is 11.1 Å². The van der Waals surface area contributed by atoms with Crippen molar-refractivity contribution in [3.8, 4) is 0 Å². The van der Waals surface area contributed by atoms with Gasteiger partial charge in [0, 0.05) is 10.2 Å². The second-order valence-corrected chi connectivity index (χ2v) is 5.99. The molecular weight excluding hydrogens is 328 g/mol. The third-order valence-corrected chi connectivity index (χ3v) is 3.87. The zero-order chi connectivity index (χ0) is 15.2. The number of carbonyl (C=O) groups excluding carboxylic acids is 1. The summed E-state index contributed by atoms with van der Waals surface area (Å²) >= 11 is 3.40. The van der Waals surface area contributed by atoms with Crippen LogP contribution in [-0.4, -0.2) is 11.9 Å². The minimum atomic E-state index is -0.511. The third-order valence-electron chi connectivity index (χ3n) is 3.38. The molecule has 0 aliphatic rings. The van der Waals surface area contributed by atoms with Crippen molar-refractivity contribution >= 4 is 27.5 Å². The average Bonchev–Trinajstić information content (AvgIpc) is 2.49. The maximum Gasteiger partial charge on any atom is 0.241 e. The molecule has 0 bridgehead atoms. The van der Waals surface area contributed by atoms with Crippen LogP contribution in [0.5, 0.6) is 0 Å². The summed E-state index contributed by atoms with van der Waals surface area (Å²) in [5, 5.41) is 2.89. The lowest BCUT2D eigenvalue weighted by Crippen LogP contribution is -2.36. The van der Waals surface area contributed by atoms with Gasteiger partial charge in [0.15, 0.2) is 0 Å². The Bertz CT molecular complexity index is 613. The Morgan fingerprint density at radius 2 is 1.95 bits per heavy atom. The van der Waals surface area contributed by atoms with Crippen molar-refractivity contribution in [2.75, 3.05) is 5.32 Å². The maximum atomic E-state index is 12.1. The Morgan fingerprint density at radius 3 is 2.67 bits per heavy atom. The lowest BCUT2D eigenvalue weighted by Gasteiger charge is -2.14. The van der Waals surface area contributed by atoms with Crippen molar-refractivity contribution in [2.24, 2.45) is 5.73 Å². The molecule has 0 aliphatic heterocycles. The van der Waals surface area contributed by atoms with Gasteiger partial charge in [0.2, 0.25) is 5.91 Å². The van der Waals surface area contributed by atoms with E-state index in [1.54, 1.807) is 0 Å². The summed E-state index contributed by atoms with van der Waals surface area (Å²) in [4.78, 5) is 12.1. The molecule has 0 saturated carbocycles. The lowest BCUT2D eigenvalue weighted by molar-refractivity contribution is -0.117. The topological polar surface area (TPSA) is 55.1 Å². The highest BCUT2D eigenvalue weighted by atomic mass is 79.9. The lowest BCUT2D eigenvalue weighted by atomic mass is 10.1. The Kier molecular flexibility index (Phi) is 5.53. The average molecular weight is 347 g/mol. The van der Waals surface area contributed by atoms with Crippen molar-refractivity contribution in [3.05, 3.63) is 64.1 Å². The molecule has 0 heterocycles. The summed E-state index contributed by atoms with van der Waals surface area (Å²) in [5.41, 5.74) is 8.98. The number of carbonyl (C=O) groups is 1. The van der Waals surface area contributed by atoms with Crippen LogP contribution in [0.15, 0.2) is 53.0 Å². The Balaban J connectivity index is 1.92. The quantitative estimate of drug-likeness (QED) is 0.867. The number of aryl methyl sites for hydroxylation is 2. The first-order valence-electron chi connectivity index (χ1n) is 6.93. The van der Waals surface area contributed by atoms with Crippen LogP contribution < -0.4 is 11.1 Å². The molecule has 0 aliphatic carbocycles. The fraction of sp³-hybridized carbons (Fsp3) is 0.235. The van der Waals surface area contributed by atoms with E-state index in [2.05, 4.69) is 21.2 Å². The zero-order valence-corrected chi connectivity index (χ0v) is 13.6. The summed E-state index contributed by atoms with van der Waals surface area (Å²) in [6.45, 7) is 1.96. The summed E-state index contributed by atoms with van der Waals surface area (Å²) < 4.78 is 0.932. The Labute approximate surface area is 133 Å². The molecule has 0 saturated heterocycles. The van der Waals surface area contributed by atoms with Crippen molar-refractivity contribution in [3.63, 3.8) is 0 Å². The van der Waals surface area contributed by atoms with Crippen molar-refractivity contribution in [1.82, 2.24) is 0 Å². The second kappa shape index (κ2) is 7.38. The smallest absolute Gasteiger partial charge is 0.241 e. The molecule has 1 amide bonds. The van der Waals surface area contributed by atoms with Crippen LogP contribution >= 0.6 is 15.9 Å². The van der Waals surface area contributed by atoms with Gasteiger partial charge in [-0.05, 0) is 43.0 Å². The fourth-order valence-electron chi connectivity index (χ4n) is 2.05. The zero-order valence-electron chi connectivity index (χ0n) is 12.0. The molecule has 0 fully saturated rings. The molecule has 4 heteroatoms. The van der Waals surface area contributed by atoms with Crippen LogP contribution in [-0.2, 0) is 11.2 Å². The normalized spacial score (nSPS) is 12.0. The first kappa shape index (κ1) is 15.7. The Hall–Kier alpha value is -1.65. The minimum Gasteiger partial charge on any atom is -0.324 e. The number of nitrogens with two attached hydrogens (primary N) is 1. The largest absolute Gasteiger partial charge is 0.324 e. The molecule has 0 radical (unpaired) electrons. The van der Waals surface area contributed by atoms with Gasteiger partial charge in [0.1, 0.15) is 0 Å². The van der Waals surface area contributed by atoms with Gasteiger partial charge in [0.05, 0.1) is 6.04 Å². The van der Waals surface area contributed by atoms with E-state index >= 15 is 0 Å². The van der Waals surface area contributed by atoms with Crippen LogP contribution in [0.2, 0.25) is 0 Å². The molecule has 21 heavy (non-hydrogen) atoms. The van der Waals surface area contributed by atoms with Crippen LogP contribution in [0.1, 0.15) is 17.5 Å². The summed E-state index contributed by atoms with van der Waals surface area (Å²) in [7, 11) is 0. The number of halogens is 1. The summed E-state index contributed by atoms with van der Waals surface area (Å²) in [6.07, 6.45) is 1.43. The van der Waals surface area contributed by atoms with E-state index in [-0.39, 0.29) is 5.91 Å². The van der Waals surface area contributed by atoms with E-state index in [1.165, 1.54) is 5.56 Å². The molecular formula is C17H19BrN2O. The summed E-state index contributed by atoms with van der Waals surface area (Å²) in [6, 6.07) is 15.3. The van der Waals surface area contributed by atoms with Gasteiger partial charge in [-0.25, -0.2) is 0 Å². The molecule has 3 N–H and O–H groups in total. The SMILES string of the molecule is Cc1ccc(Br)cc1NC(=O)[C@@H](N)CCc1ccccc1. The molecule has 2 aromatic carbocycles. The van der Waals surface area contributed by atoms with E-state index < -0.39 is 6.04 Å². The van der Waals surface area contributed by atoms with Gasteiger partial charge in [-0.2, -0.15) is 0 Å². The predicted octanol–water partition coefficient (Wildman–Crippen LogP) is 3.66. The minimum absolute atomic E-state index is 0.146. The van der Waals surface area contributed by atoms with E-state index in [0.29, 0.717) is 6.42 Å². The highest BCUT2D eigenvalue weighted by Gasteiger charge is 2.14. The summed E-state index contributed by atoms with van der Waals surface area (Å²) in [5.74, 6) is -0.146. The highest BCUT2D eigenvalue weighted by molar-refractivity contribution is 9.10. The number of hydrogen-bond acceptors (Lipinski definition) is 2. The molecule has 0 aromatic heterocycles. The molecule has 2 aromatic rings. The predicted molar refractivity (Wildman–Crippen MR) is 90.2 cm³/mol. The Morgan fingerprint density at radius 1 is 1.24 bits per heavy atom. The number of hydrogen-bond donors (Lipinski definition) is 2. The number of amides is 1. The van der Waals surface area contributed by atoms with E-state index in [9.17, 15) is 4.79 Å². The highest BCUT2D eigenvalue weighted by Crippen LogP contribution is 2.20. The molecule has 2 rings (SSSR count). The van der Waals surface area contributed by atoms with E-state index in [0.717, 1.165) is 22.1 Å². The van der Waals surface area contributed by atoms with Crippen molar-refractivity contribution in [2.45, 2.75) is 25.8 Å². The monoisotopic (exact) mass is 346 g/mol. The van der Waals surface area contributed by atoms with E-state index in [4.69, 9.17) is 5.73 Å². The number of nitrogens with one attached hydrogen (secondary N) is 1. The van der Waals surface area contributed by atoms with Crippen molar-refractivity contribution in [1.29, 1.82) is 0 Å². The van der Waals surface area contributed by atoms with Gasteiger partial charge in [-0.15, -0.1) is 0 Å². The van der Waals surface area contributed by atoms with Gasteiger partial charge in [-0.3, -0.25) is 4.79 Å². The molecule has 3 nitrogen and oxygen atoms in total. The van der Waals surface area contributed by atoms with Crippen molar-refractivity contribution < 1.29 is 4.79 Å². The second-order valence-electron chi connectivity index (χ2n) is 5.08. The first-order chi connectivity index (χ1) is 10.1. The maximum absolute atomic E-state index is 12.1. The number of anilines is 1.